The van der Waals surface area contributed by atoms with Crippen molar-refractivity contribution < 1.29 is 13.9 Å². The zero-order valence-electron chi connectivity index (χ0n) is 12.6. The van der Waals surface area contributed by atoms with Crippen molar-refractivity contribution in [3.05, 3.63) is 29.6 Å². The predicted octanol–water partition coefficient (Wildman–Crippen LogP) is 2.54. The largest absolute Gasteiger partial charge is 0.483 e. The van der Waals surface area contributed by atoms with Crippen molar-refractivity contribution in [1.82, 2.24) is 10.6 Å². The van der Waals surface area contributed by atoms with Gasteiger partial charge in [-0.1, -0.05) is 18.9 Å². The number of carbonyl (C=O) groups excluding carboxylic acids is 1. The summed E-state index contributed by atoms with van der Waals surface area (Å²) in [7, 11) is 1.82. The average molecular weight is 294 g/mol. The van der Waals surface area contributed by atoms with Gasteiger partial charge in [0.2, 0.25) is 0 Å². The van der Waals surface area contributed by atoms with E-state index in [1.54, 1.807) is 6.07 Å². The molecule has 4 nitrogen and oxygen atoms in total. The average Bonchev–Trinajstić information content (AvgIpc) is 2.97. The lowest BCUT2D eigenvalue weighted by Gasteiger charge is -2.17. The van der Waals surface area contributed by atoms with Crippen molar-refractivity contribution >= 4 is 5.91 Å². The van der Waals surface area contributed by atoms with Crippen molar-refractivity contribution in [2.75, 3.05) is 13.7 Å². The fraction of sp³-hybridized carbons (Fsp3) is 0.562. The molecule has 0 spiro atoms. The standard InChI is InChI=1S/C16H23FN2O2/c1-11(18-2)14-8-7-12(17)9-15(14)21-10-16(20)19-13-5-3-4-6-13/h7-9,11,13,18H,3-6,10H2,1-2H3,(H,19,20). The third-order valence-corrected chi connectivity index (χ3v) is 3.95. The summed E-state index contributed by atoms with van der Waals surface area (Å²) in [5.41, 5.74) is 0.840. The molecule has 0 bridgehead atoms. The molecule has 0 aliphatic heterocycles. The first kappa shape index (κ1) is 15.8. The minimum Gasteiger partial charge on any atom is -0.483 e. The number of nitrogens with one attached hydrogen (secondary N) is 2. The monoisotopic (exact) mass is 294 g/mol. The summed E-state index contributed by atoms with van der Waals surface area (Å²) >= 11 is 0. The Morgan fingerprint density at radius 1 is 1.43 bits per heavy atom. The van der Waals surface area contributed by atoms with E-state index in [0.717, 1.165) is 18.4 Å². The number of benzene rings is 1. The predicted molar refractivity (Wildman–Crippen MR) is 79.8 cm³/mol. The summed E-state index contributed by atoms with van der Waals surface area (Å²) in [5, 5.41) is 6.04. The fourth-order valence-electron chi connectivity index (χ4n) is 2.63. The quantitative estimate of drug-likeness (QED) is 0.847. The summed E-state index contributed by atoms with van der Waals surface area (Å²) in [6, 6.07) is 4.70. The van der Waals surface area contributed by atoms with Crippen molar-refractivity contribution in [1.29, 1.82) is 0 Å². The van der Waals surface area contributed by atoms with Crippen molar-refractivity contribution in [2.24, 2.45) is 0 Å². The highest BCUT2D eigenvalue weighted by Gasteiger charge is 2.18. The summed E-state index contributed by atoms with van der Waals surface area (Å²) in [5.74, 6) is -0.0964. The van der Waals surface area contributed by atoms with Gasteiger partial charge < -0.3 is 15.4 Å². The zero-order valence-corrected chi connectivity index (χ0v) is 12.6. The van der Waals surface area contributed by atoms with Gasteiger partial charge >= 0.3 is 0 Å². The molecule has 116 valence electrons. The molecule has 0 radical (unpaired) electrons. The lowest BCUT2D eigenvalue weighted by molar-refractivity contribution is -0.123. The maximum absolute atomic E-state index is 13.4. The first-order valence-electron chi connectivity index (χ1n) is 7.49. The van der Waals surface area contributed by atoms with Gasteiger partial charge in [0, 0.05) is 23.7 Å². The van der Waals surface area contributed by atoms with E-state index in [1.807, 2.05) is 14.0 Å². The smallest absolute Gasteiger partial charge is 0.258 e. The molecule has 1 amide bonds. The van der Waals surface area contributed by atoms with Gasteiger partial charge in [-0.05, 0) is 32.9 Å². The normalized spacial score (nSPS) is 16.7. The summed E-state index contributed by atoms with van der Waals surface area (Å²) in [6.07, 6.45) is 4.40. The Kier molecular flexibility index (Phi) is 5.56. The van der Waals surface area contributed by atoms with Crippen LogP contribution in [-0.2, 0) is 4.79 Å². The Morgan fingerprint density at radius 2 is 2.14 bits per heavy atom. The van der Waals surface area contributed by atoms with E-state index in [4.69, 9.17) is 4.74 Å². The van der Waals surface area contributed by atoms with Gasteiger partial charge in [-0.25, -0.2) is 4.39 Å². The van der Waals surface area contributed by atoms with Crippen LogP contribution < -0.4 is 15.4 Å². The third kappa shape index (κ3) is 4.43. The molecule has 0 saturated heterocycles. The van der Waals surface area contributed by atoms with Crippen molar-refractivity contribution in [2.45, 2.75) is 44.7 Å². The van der Waals surface area contributed by atoms with Gasteiger partial charge in [0.15, 0.2) is 6.61 Å². The molecule has 1 saturated carbocycles. The van der Waals surface area contributed by atoms with Crippen LogP contribution in [0.25, 0.3) is 0 Å². The lowest BCUT2D eigenvalue weighted by Crippen LogP contribution is -2.36. The molecular formula is C16H23FN2O2. The van der Waals surface area contributed by atoms with Crippen LogP contribution >= 0.6 is 0 Å². The number of carbonyl (C=O) groups is 1. The molecule has 1 aromatic carbocycles. The summed E-state index contributed by atoms with van der Waals surface area (Å²) < 4.78 is 18.9. The van der Waals surface area contributed by atoms with Gasteiger partial charge in [0.1, 0.15) is 11.6 Å². The van der Waals surface area contributed by atoms with E-state index >= 15 is 0 Å². The number of amides is 1. The molecule has 2 rings (SSSR count). The molecule has 1 aliphatic rings. The Balaban J connectivity index is 1.94. The van der Waals surface area contributed by atoms with Crippen LogP contribution in [0.3, 0.4) is 0 Å². The number of ether oxygens (including phenoxy) is 1. The molecule has 0 heterocycles. The summed E-state index contributed by atoms with van der Waals surface area (Å²) in [4.78, 5) is 11.9. The topological polar surface area (TPSA) is 50.4 Å². The molecule has 1 atom stereocenters. The van der Waals surface area contributed by atoms with Gasteiger partial charge in [-0.15, -0.1) is 0 Å². The summed E-state index contributed by atoms with van der Waals surface area (Å²) in [6.45, 7) is 1.88. The molecule has 5 heteroatoms. The van der Waals surface area contributed by atoms with E-state index in [9.17, 15) is 9.18 Å². The second-order valence-corrected chi connectivity index (χ2v) is 5.53. The number of hydrogen-bond donors (Lipinski definition) is 2. The maximum Gasteiger partial charge on any atom is 0.258 e. The van der Waals surface area contributed by atoms with E-state index in [0.29, 0.717) is 5.75 Å². The van der Waals surface area contributed by atoms with Crippen LogP contribution in [0, 0.1) is 5.82 Å². The second-order valence-electron chi connectivity index (χ2n) is 5.53. The van der Waals surface area contributed by atoms with Crippen LogP contribution in [0.5, 0.6) is 5.75 Å². The van der Waals surface area contributed by atoms with E-state index in [1.165, 1.54) is 25.0 Å². The van der Waals surface area contributed by atoms with Crippen LogP contribution in [0.4, 0.5) is 4.39 Å². The molecule has 0 aromatic heterocycles. The van der Waals surface area contributed by atoms with Crippen molar-refractivity contribution in [3.8, 4) is 5.75 Å². The van der Waals surface area contributed by atoms with Crippen molar-refractivity contribution in [3.63, 3.8) is 0 Å². The van der Waals surface area contributed by atoms with Gasteiger partial charge in [-0.2, -0.15) is 0 Å². The highest BCUT2D eigenvalue weighted by molar-refractivity contribution is 5.77. The Bertz CT molecular complexity index is 487. The van der Waals surface area contributed by atoms with Gasteiger partial charge in [0.05, 0.1) is 0 Å². The molecular weight excluding hydrogens is 271 g/mol. The first-order valence-corrected chi connectivity index (χ1v) is 7.49. The van der Waals surface area contributed by atoms with Crippen LogP contribution in [0.1, 0.15) is 44.2 Å². The Hall–Kier alpha value is -1.62. The molecule has 1 unspecified atom stereocenters. The van der Waals surface area contributed by atoms with E-state index < -0.39 is 0 Å². The van der Waals surface area contributed by atoms with Gasteiger partial charge in [0.25, 0.3) is 5.91 Å². The first-order chi connectivity index (χ1) is 10.1. The molecule has 1 aliphatic carbocycles. The van der Waals surface area contributed by atoms with Gasteiger partial charge in [-0.3, -0.25) is 4.79 Å². The SMILES string of the molecule is CNC(C)c1ccc(F)cc1OCC(=O)NC1CCCC1. The van der Waals surface area contributed by atoms with Crippen LogP contribution in [0.2, 0.25) is 0 Å². The molecule has 21 heavy (non-hydrogen) atoms. The zero-order chi connectivity index (χ0) is 15.2. The molecule has 1 aromatic rings. The number of rotatable bonds is 6. The minimum atomic E-state index is -0.367. The highest BCUT2D eigenvalue weighted by atomic mass is 19.1. The van der Waals surface area contributed by atoms with E-state index in [2.05, 4.69) is 10.6 Å². The molecule has 2 N–H and O–H groups in total. The maximum atomic E-state index is 13.4. The number of hydrogen-bond acceptors (Lipinski definition) is 3. The third-order valence-electron chi connectivity index (χ3n) is 3.95. The van der Waals surface area contributed by atoms with Crippen LogP contribution in [-0.4, -0.2) is 25.6 Å². The number of halogens is 1. The highest BCUT2D eigenvalue weighted by Crippen LogP contribution is 2.26. The fourth-order valence-corrected chi connectivity index (χ4v) is 2.63. The molecule has 1 fully saturated rings. The van der Waals surface area contributed by atoms with Crippen LogP contribution in [0.15, 0.2) is 18.2 Å². The Labute approximate surface area is 125 Å². The minimum absolute atomic E-state index is 0.0264. The Morgan fingerprint density at radius 3 is 2.81 bits per heavy atom. The lowest BCUT2D eigenvalue weighted by atomic mass is 10.1. The van der Waals surface area contributed by atoms with E-state index in [-0.39, 0.29) is 30.4 Å². The second kappa shape index (κ2) is 7.41.